The van der Waals surface area contributed by atoms with Gasteiger partial charge in [-0.2, -0.15) is 16.9 Å². The predicted octanol–water partition coefficient (Wildman–Crippen LogP) is 2.25. The van der Waals surface area contributed by atoms with Crippen LogP contribution < -0.4 is 4.72 Å². The van der Waals surface area contributed by atoms with Gasteiger partial charge in [0.1, 0.15) is 4.90 Å². The van der Waals surface area contributed by atoms with Crippen LogP contribution in [0.25, 0.3) is 0 Å². The Hall–Kier alpha value is -0.530. The van der Waals surface area contributed by atoms with E-state index in [9.17, 15) is 8.42 Å². The SMILES string of the molecule is CCS[C@@H]1CCC[C@@H](NS(=O)(=O)c2cnn(CC)c2)C1. The first-order valence-electron chi connectivity index (χ1n) is 7.21. The third-order valence-corrected chi connectivity index (χ3v) is 6.30. The van der Waals surface area contributed by atoms with Crippen molar-refractivity contribution in [2.24, 2.45) is 0 Å². The predicted molar refractivity (Wildman–Crippen MR) is 82.4 cm³/mol. The highest BCUT2D eigenvalue weighted by atomic mass is 32.2. The maximum absolute atomic E-state index is 12.3. The second kappa shape index (κ2) is 6.95. The van der Waals surface area contributed by atoms with E-state index in [4.69, 9.17) is 0 Å². The van der Waals surface area contributed by atoms with Crippen molar-refractivity contribution in [3.63, 3.8) is 0 Å². The summed E-state index contributed by atoms with van der Waals surface area (Å²) in [5.41, 5.74) is 0. The normalized spacial score (nSPS) is 23.9. The zero-order chi connectivity index (χ0) is 14.6. The van der Waals surface area contributed by atoms with Crippen molar-refractivity contribution in [3.05, 3.63) is 12.4 Å². The summed E-state index contributed by atoms with van der Waals surface area (Å²) < 4.78 is 29.1. The molecule has 1 aliphatic rings. The summed E-state index contributed by atoms with van der Waals surface area (Å²) in [6.07, 6.45) is 7.17. The Balaban J connectivity index is 2.00. The van der Waals surface area contributed by atoms with E-state index in [0.29, 0.717) is 11.8 Å². The summed E-state index contributed by atoms with van der Waals surface area (Å²) >= 11 is 1.93. The Bertz CT molecular complexity index is 525. The summed E-state index contributed by atoms with van der Waals surface area (Å²) in [6, 6.07) is 0.0581. The van der Waals surface area contributed by atoms with Crippen molar-refractivity contribution in [3.8, 4) is 0 Å². The average molecular weight is 317 g/mol. The van der Waals surface area contributed by atoms with Crippen molar-refractivity contribution in [1.29, 1.82) is 0 Å². The maximum atomic E-state index is 12.3. The summed E-state index contributed by atoms with van der Waals surface area (Å²) in [5, 5.41) is 4.61. The van der Waals surface area contributed by atoms with Crippen molar-refractivity contribution in [1.82, 2.24) is 14.5 Å². The van der Waals surface area contributed by atoms with Gasteiger partial charge in [0, 0.05) is 24.0 Å². The molecule has 0 aromatic carbocycles. The molecule has 2 atom stereocenters. The average Bonchev–Trinajstić information content (AvgIpc) is 2.88. The lowest BCUT2D eigenvalue weighted by Crippen LogP contribution is -2.39. The number of rotatable bonds is 6. The van der Waals surface area contributed by atoms with Gasteiger partial charge in [0.15, 0.2) is 0 Å². The summed E-state index contributed by atoms with van der Waals surface area (Å²) in [7, 11) is -3.43. The van der Waals surface area contributed by atoms with Crippen LogP contribution in [0.1, 0.15) is 39.5 Å². The Morgan fingerprint density at radius 1 is 1.45 bits per heavy atom. The zero-order valence-electron chi connectivity index (χ0n) is 12.1. The highest BCUT2D eigenvalue weighted by molar-refractivity contribution is 7.99. The van der Waals surface area contributed by atoms with Gasteiger partial charge in [0.25, 0.3) is 0 Å². The van der Waals surface area contributed by atoms with Crippen LogP contribution in [0.5, 0.6) is 0 Å². The lowest BCUT2D eigenvalue weighted by atomic mass is 9.96. The fraction of sp³-hybridized carbons (Fsp3) is 0.769. The van der Waals surface area contributed by atoms with E-state index in [1.54, 1.807) is 10.9 Å². The molecule has 0 bridgehead atoms. The largest absolute Gasteiger partial charge is 0.272 e. The lowest BCUT2D eigenvalue weighted by molar-refractivity contribution is 0.420. The maximum Gasteiger partial charge on any atom is 0.243 e. The molecular weight excluding hydrogens is 294 g/mol. The summed E-state index contributed by atoms with van der Waals surface area (Å²) in [4.78, 5) is 0.268. The molecule has 1 fully saturated rings. The summed E-state index contributed by atoms with van der Waals surface area (Å²) in [5.74, 6) is 1.09. The second-order valence-corrected chi connectivity index (χ2v) is 8.39. The van der Waals surface area contributed by atoms with Crippen molar-refractivity contribution < 1.29 is 8.42 Å². The van der Waals surface area contributed by atoms with E-state index in [-0.39, 0.29) is 10.9 Å². The van der Waals surface area contributed by atoms with Crippen LogP contribution in [0.4, 0.5) is 0 Å². The fourth-order valence-corrected chi connectivity index (χ4v) is 4.99. The molecule has 1 aromatic heterocycles. The van der Waals surface area contributed by atoms with E-state index in [2.05, 4.69) is 16.7 Å². The molecule has 0 saturated heterocycles. The van der Waals surface area contributed by atoms with Crippen molar-refractivity contribution >= 4 is 21.8 Å². The smallest absolute Gasteiger partial charge is 0.243 e. The third kappa shape index (κ3) is 3.99. The van der Waals surface area contributed by atoms with Crippen molar-refractivity contribution in [2.45, 2.75) is 62.3 Å². The minimum absolute atomic E-state index is 0.0581. The first kappa shape index (κ1) is 15.9. The van der Waals surface area contributed by atoms with Gasteiger partial charge in [0.05, 0.1) is 6.20 Å². The Morgan fingerprint density at radius 2 is 2.25 bits per heavy atom. The van der Waals surface area contributed by atoms with E-state index in [0.717, 1.165) is 25.0 Å². The monoisotopic (exact) mass is 317 g/mol. The molecule has 2 rings (SSSR count). The van der Waals surface area contributed by atoms with Crippen LogP contribution in [0, 0.1) is 0 Å². The van der Waals surface area contributed by atoms with Crippen LogP contribution in [-0.2, 0) is 16.6 Å². The topological polar surface area (TPSA) is 64.0 Å². The van der Waals surface area contributed by atoms with Crippen LogP contribution >= 0.6 is 11.8 Å². The van der Waals surface area contributed by atoms with Gasteiger partial charge < -0.3 is 0 Å². The molecule has 0 aliphatic heterocycles. The molecular formula is C13H23N3O2S2. The quantitative estimate of drug-likeness (QED) is 0.874. The number of hydrogen-bond acceptors (Lipinski definition) is 4. The van der Waals surface area contributed by atoms with E-state index in [1.165, 1.54) is 12.6 Å². The number of aromatic nitrogens is 2. The molecule has 0 amide bonds. The number of thioether (sulfide) groups is 1. The molecule has 0 unspecified atom stereocenters. The van der Waals surface area contributed by atoms with Crippen LogP contribution in [0.2, 0.25) is 0 Å². The van der Waals surface area contributed by atoms with Gasteiger partial charge in [-0.3, -0.25) is 4.68 Å². The molecule has 1 aromatic rings. The number of nitrogens with one attached hydrogen (secondary N) is 1. The van der Waals surface area contributed by atoms with Gasteiger partial charge in [-0.05, 0) is 31.9 Å². The van der Waals surface area contributed by atoms with Gasteiger partial charge in [-0.15, -0.1) is 0 Å². The molecule has 1 saturated carbocycles. The van der Waals surface area contributed by atoms with Crippen molar-refractivity contribution in [2.75, 3.05) is 5.75 Å². The lowest BCUT2D eigenvalue weighted by Gasteiger charge is -2.28. The van der Waals surface area contributed by atoms with Gasteiger partial charge in [-0.1, -0.05) is 13.3 Å². The number of hydrogen-bond donors (Lipinski definition) is 1. The minimum Gasteiger partial charge on any atom is -0.272 e. The van der Waals surface area contributed by atoms with Gasteiger partial charge >= 0.3 is 0 Å². The fourth-order valence-electron chi connectivity index (χ4n) is 2.58. The summed E-state index contributed by atoms with van der Waals surface area (Å²) in [6.45, 7) is 4.76. The molecule has 5 nitrogen and oxygen atoms in total. The van der Waals surface area contributed by atoms with E-state index >= 15 is 0 Å². The molecule has 7 heteroatoms. The Morgan fingerprint density at radius 3 is 2.90 bits per heavy atom. The molecule has 1 N–H and O–H groups in total. The Labute approximate surface area is 125 Å². The number of sulfonamides is 1. The molecule has 114 valence electrons. The molecule has 0 spiro atoms. The van der Waals surface area contributed by atoms with Crippen LogP contribution in [-0.4, -0.2) is 35.2 Å². The first-order valence-corrected chi connectivity index (χ1v) is 9.74. The van der Waals surface area contributed by atoms with E-state index in [1.807, 2.05) is 18.7 Å². The highest BCUT2D eigenvalue weighted by Gasteiger charge is 2.27. The van der Waals surface area contributed by atoms with Crippen LogP contribution in [0.15, 0.2) is 17.3 Å². The first-order chi connectivity index (χ1) is 9.55. The second-order valence-electron chi connectivity index (χ2n) is 5.09. The van der Waals surface area contributed by atoms with Gasteiger partial charge in [-0.25, -0.2) is 13.1 Å². The third-order valence-electron chi connectivity index (χ3n) is 3.59. The molecule has 0 radical (unpaired) electrons. The number of nitrogens with zero attached hydrogens (tertiary/aromatic N) is 2. The standard InChI is InChI=1S/C13H23N3O2S2/c1-3-16-10-13(9-14-16)20(17,18)15-11-6-5-7-12(8-11)19-4-2/h9-12,15H,3-8H2,1-2H3/t11-,12-/m1/s1. The highest BCUT2D eigenvalue weighted by Crippen LogP contribution is 2.29. The number of aryl methyl sites for hydroxylation is 1. The Kier molecular flexibility index (Phi) is 5.51. The molecule has 20 heavy (non-hydrogen) atoms. The molecule has 1 heterocycles. The van der Waals surface area contributed by atoms with E-state index < -0.39 is 10.0 Å². The zero-order valence-corrected chi connectivity index (χ0v) is 13.7. The van der Waals surface area contributed by atoms with Crippen LogP contribution in [0.3, 0.4) is 0 Å². The molecule has 1 aliphatic carbocycles. The van der Waals surface area contributed by atoms with Gasteiger partial charge in [0.2, 0.25) is 10.0 Å². The minimum atomic E-state index is -3.43.